The summed E-state index contributed by atoms with van der Waals surface area (Å²) < 4.78 is 0. The highest BCUT2D eigenvalue weighted by molar-refractivity contribution is 6.51. The fourth-order valence-corrected chi connectivity index (χ4v) is 6.23. The van der Waals surface area contributed by atoms with E-state index in [9.17, 15) is 0 Å². The highest BCUT2D eigenvalue weighted by atomic mass is 28.2. The molecule has 0 spiro atoms. The zero-order valence-electron chi connectivity index (χ0n) is 14.7. The number of hydrogen-bond acceptors (Lipinski definition) is 0. The summed E-state index contributed by atoms with van der Waals surface area (Å²) in [5, 5.41) is 2.23. The number of rotatable bonds is 5. The normalized spacial score (nSPS) is 24.0. The van der Waals surface area contributed by atoms with E-state index in [0.717, 1.165) is 0 Å². The molecule has 0 fully saturated rings. The summed E-state index contributed by atoms with van der Waals surface area (Å²) in [6.07, 6.45) is 16.6. The van der Waals surface area contributed by atoms with Gasteiger partial charge in [-0.2, -0.15) is 0 Å². The standard InChI is InChI=1S/C22H28Si/c1-4-8-20-19(18-11-9-17(2)10-12-18)13-14-21(20)23-22(3)15-6-5-7-16-22/h5-7,9-13,15H,4,8,14,16,23H2,1-3H3. The minimum absolute atomic E-state index is 0.277. The van der Waals surface area contributed by atoms with Crippen LogP contribution in [0.4, 0.5) is 0 Å². The molecule has 2 aliphatic rings. The zero-order valence-corrected chi connectivity index (χ0v) is 16.1. The molecule has 23 heavy (non-hydrogen) atoms. The van der Waals surface area contributed by atoms with E-state index >= 15 is 0 Å². The first-order chi connectivity index (χ1) is 11.1. The van der Waals surface area contributed by atoms with Crippen LogP contribution in [0.1, 0.15) is 50.7 Å². The van der Waals surface area contributed by atoms with Gasteiger partial charge in [0.15, 0.2) is 0 Å². The average molecular weight is 321 g/mol. The van der Waals surface area contributed by atoms with E-state index < -0.39 is 0 Å². The van der Waals surface area contributed by atoms with E-state index in [1.54, 1.807) is 10.8 Å². The van der Waals surface area contributed by atoms with E-state index in [2.05, 4.69) is 75.4 Å². The Morgan fingerprint density at radius 3 is 2.57 bits per heavy atom. The third-order valence-electron chi connectivity index (χ3n) is 5.11. The van der Waals surface area contributed by atoms with Crippen molar-refractivity contribution in [2.45, 2.75) is 51.5 Å². The van der Waals surface area contributed by atoms with Crippen LogP contribution in [-0.2, 0) is 0 Å². The van der Waals surface area contributed by atoms with Crippen LogP contribution in [0.15, 0.2) is 65.4 Å². The van der Waals surface area contributed by atoms with Gasteiger partial charge in [-0.05, 0) is 47.9 Å². The van der Waals surface area contributed by atoms with Crippen molar-refractivity contribution >= 4 is 15.1 Å². The van der Waals surface area contributed by atoms with E-state index in [1.165, 1.54) is 42.4 Å². The Balaban J connectivity index is 1.88. The van der Waals surface area contributed by atoms with Gasteiger partial charge >= 0.3 is 0 Å². The summed E-state index contributed by atoms with van der Waals surface area (Å²) in [7, 11) is -0.277. The molecule has 0 bridgehead atoms. The minimum Gasteiger partial charge on any atom is -0.0840 e. The molecule has 2 aliphatic carbocycles. The summed E-state index contributed by atoms with van der Waals surface area (Å²) in [6, 6.07) is 9.08. The van der Waals surface area contributed by atoms with Gasteiger partial charge in [-0.25, -0.2) is 0 Å². The molecule has 0 aliphatic heterocycles. The summed E-state index contributed by atoms with van der Waals surface area (Å²) in [5.41, 5.74) is 5.95. The second-order valence-electron chi connectivity index (χ2n) is 7.34. The molecule has 0 radical (unpaired) electrons. The van der Waals surface area contributed by atoms with Crippen LogP contribution in [0.5, 0.6) is 0 Å². The maximum absolute atomic E-state index is 2.49. The van der Waals surface area contributed by atoms with Crippen molar-refractivity contribution in [3.8, 4) is 0 Å². The van der Waals surface area contributed by atoms with Crippen molar-refractivity contribution in [2.75, 3.05) is 0 Å². The molecule has 3 rings (SSSR count). The highest BCUT2D eigenvalue weighted by Crippen LogP contribution is 2.42. The van der Waals surface area contributed by atoms with E-state index in [1.807, 2.05) is 0 Å². The Morgan fingerprint density at radius 1 is 1.13 bits per heavy atom. The molecule has 1 atom stereocenters. The Labute approximate surface area is 143 Å². The second kappa shape index (κ2) is 6.88. The van der Waals surface area contributed by atoms with Gasteiger partial charge in [0.1, 0.15) is 0 Å². The lowest BCUT2D eigenvalue weighted by Crippen LogP contribution is -2.17. The van der Waals surface area contributed by atoms with Gasteiger partial charge < -0.3 is 0 Å². The lowest BCUT2D eigenvalue weighted by Gasteiger charge is -2.27. The maximum atomic E-state index is 2.49. The monoisotopic (exact) mass is 320 g/mol. The van der Waals surface area contributed by atoms with Gasteiger partial charge in [0.05, 0.1) is 9.52 Å². The molecule has 1 aromatic carbocycles. The lowest BCUT2D eigenvalue weighted by molar-refractivity contribution is 0.753. The third-order valence-corrected chi connectivity index (χ3v) is 7.59. The second-order valence-corrected chi connectivity index (χ2v) is 10.2. The predicted molar refractivity (Wildman–Crippen MR) is 106 cm³/mol. The Morgan fingerprint density at radius 2 is 1.91 bits per heavy atom. The van der Waals surface area contributed by atoms with Crippen LogP contribution >= 0.6 is 0 Å². The summed E-state index contributed by atoms with van der Waals surface area (Å²) >= 11 is 0. The first kappa shape index (κ1) is 16.3. The molecule has 0 nitrogen and oxygen atoms in total. The van der Waals surface area contributed by atoms with Gasteiger partial charge in [0, 0.05) is 0 Å². The lowest BCUT2D eigenvalue weighted by atomic mass is 9.97. The van der Waals surface area contributed by atoms with E-state index in [0.29, 0.717) is 5.04 Å². The molecule has 0 saturated heterocycles. The summed E-state index contributed by atoms with van der Waals surface area (Å²) in [5.74, 6) is 0. The SMILES string of the molecule is CCCC1=C([SiH2]C2(C)C=CC=CC2)CC=C1c1ccc(C)cc1. The molecule has 0 N–H and O–H groups in total. The molecule has 1 heteroatoms. The average Bonchev–Trinajstić information content (AvgIpc) is 2.91. The van der Waals surface area contributed by atoms with Crippen molar-refractivity contribution in [2.24, 2.45) is 0 Å². The zero-order chi connectivity index (χ0) is 16.3. The van der Waals surface area contributed by atoms with Crippen molar-refractivity contribution in [1.29, 1.82) is 0 Å². The van der Waals surface area contributed by atoms with Crippen LogP contribution in [0, 0.1) is 6.92 Å². The van der Waals surface area contributed by atoms with Gasteiger partial charge in [0.2, 0.25) is 0 Å². The predicted octanol–water partition coefficient (Wildman–Crippen LogP) is 5.70. The van der Waals surface area contributed by atoms with Crippen LogP contribution < -0.4 is 0 Å². The van der Waals surface area contributed by atoms with Crippen molar-refractivity contribution in [1.82, 2.24) is 0 Å². The number of hydrogen-bond donors (Lipinski definition) is 0. The van der Waals surface area contributed by atoms with Crippen LogP contribution in [0.2, 0.25) is 5.04 Å². The van der Waals surface area contributed by atoms with Crippen LogP contribution in [-0.4, -0.2) is 9.52 Å². The number of aryl methyl sites for hydroxylation is 1. The Kier molecular flexibility index (Phi) is 4.86. The molecular weight excluding hydrogens is 292 g/mol. The molecule has 1 aromatic rings. The largest absolute Gasteiger partial charge is 0.0840 e. The third kappa shape index (κ3) is 3.67. The molecule has 1 unspecified atom stereocenters. The number of allylic oxidation sites excluding steroid dienone is 8. The topological polar surface area (TPSA) is 0 Å². The molecule has 0 saturated carbocycles. The van der Waals surface area contributed by atoms with Gasteiger partial charge in [0.25, 0.3) is 0 Å². The summed E-state index contributed by atoms with van der Waals surface area (Å²) in [4.78, 5) is 0. The van der Waals surface area contributed by atoms with Gasteiger partial charge in [-0.15, -0.1) is 0 Å². The molecule has 0 heterocycles. The van der Waals surface area contributed by atoms with E-state index in [-0.39, 0.29) is 9.52 Å². The fraction of sp³-hybridized carbons (Fsp3) is 0.364. The Hall–Kier alpha value is -1.60. The van der Waals surface area contributed by atoms with Gasteiger partial charge in [-0.3, -0.25) is 0 Å². The molecular formula is C22H28Si. The van der Waals surface area contributed by atoms with Crippen LogP contribution in [0.25, 0.3) is 5.57 Å². The maximum Gasteiger partial charge on any atom is 0.0612 e. The molecule has 0 amide bonds. The Bertz CT molecular complexity index is 685. The van der Waals surface area contributed by atoms with E-state index in [4.69, 9.17) is 0 Å². The molecule has 0 aromatic heterocycles. The van der Waals surface area contributed by atoms with Crippen molar-refractivity contribution in [3.05, 3.63) is 76.5 Å². The fourth-order valence-electron chi connectivity index (χ4n) is 3.82. The minimum atomic E-state index is -0.277. The number of benzene rings is 1. The first-order valence-electron chi connectivity index (χ1n) is 8.94. The summed E-state index contributed by atoms with van der Waals surface area (Å²) in [6.45, 7) is 6.93. The highest BCUT2D eigenvalue weighted by Gasteiger charge is 2.27. The van der Waals surface area contributed by atoms with Crippen LogP contribution in [0.3, 0.4) is 0 Å². The van der Waals surface area contributed by atoms with Crippen molar-refractivity contribution < 1.29 is 0 Å². The quantitative estimate of drug-likeness (QED) is 0.610. The molecule has 120 valence electrons. The smallest absolute Gasteiger partial charge is 0.0612 e. The first-order valence-corrected chi connectivity index (χ1v) is 10.4. The van der Waals surface area contributed by atoms with Gasteiger partial charge in [-0.1, -0.05) is 85.7 Å². The van der Waals surface area contributed by atoms with Crippen molar-refractivity contribution in [3.63, 3.8) is 0 Å².